The van der Waals surface area contributed by atoms with E-state index in [1.165, 1.54) is 0 Å². The summed E-state index contributed by atoms with van der Waals surface area (Å²) in [5, 5.41) is 0. The quantitative estimate of drug-likeness (QED) is 0.360. The molecule has 0 spiro atoms. The van der Waals surface area contributed by atoms with Crippen LogP contribution in [0.5, 0.6) is 0 Å². The summed E-state index contributed by atoms with van der Waals surface area (Å²) >= 11 is 4.62. The van der Waals surface area contributed by atoms with Crippen molar-refractivity contribution in [3.05, 3.63) is 0 Å². The van der Waals surface area contributed by atoms with Crippen LogP contribution < -0.4 is 0 Å². The summed E-state index contributed by atoms with van der Waals surface area (Å²) in [5.74, 6) is 0. The molecule has 0 aliphatic rings. The van der Waals surface area contributed by atoms with Gasteiger partial charge in [-0.2, -0.15) is 0 Å². The summed E-state index contributed by atoms with van der Waals surface area (Å²) in [6.45, 7) is 1.88. The first-order chi connectivity index (χ1) is 2.27. The molecule has 0 fully saturated rings. The molecule has 0 aliphatic carbocycles. The highest BCUT2D eigenvalue weighted by Crippen LogP contribution is 1.91. The molecule has 0 N–H and O–H groups in total. The molecule has 0 rings (SSSR count). The molecule has 0 saturated carbocycles. The van der Waals surface area contributed by atoms with Gasteiger partial charge in [-0.25, -0.2) is 0 Å². The molecule has 0 aromatic carbocycles. The van der Waals surface area contributed by atoms with Crippen LogP contribution in [0.15, 0.2) is 0 Å². The van der Waals surface area contributed by atoms with Crippen LogP contribution in [0.2, 0.25) is 0 Å². The third kappa shape index (κ3) is 4.26. The van der Waals surface area contributed by atoms with Crippen LogP contribution in [0.4, 0.5) is 0 Å². The van der Waals surface area contributed by atoms with Gasteiger partial charge in [0.25, 0.3) is 0 Å². The average Bonchev–Trinajstić information content (AvgIpc) is 1.38. The van der Waals surface area contributed by atoms with Gasteiger partial charge in [-0.15, -0.1) is 0 Å². The van der Waals surface area contributed by atoms with Crippen LogP contribution >= 0.6 is 20.4 Å². The standard InChI is InChI=1S/C3H5PS/c1-3(5)4-2/h2H2,1H3. The van der Waals surface area contributed by atoms with E-state index in [0.29, 0.717) is 0 Å². The van der Waals surface area contributed by atoms with Crippen molar-refractivity contribution in [2.24, 2.45) is 0 Å². The maximum absolute atomic E-state index is 4.62. The monoisotopic (exact) mass is 104 g/mol. The largest absolute Gasteiger partial charge is 0.0799 e. The number of thiocarbonyl (C=S) groups is 1. The van der Waals surface area contributed by atoms with E-state index in [1.807, 2.05) is 6.92 Å². The van der Waals surface area contributed by atoms with Crippen molar-refractivity contribution in [3.8, 4) is 0 Å². The minimum Gasteiger partial charge on any atom is -0.0799 e. The van der Waals surface area contributed by atoms with Crippen molar-refractivity contribution in [2.45, 2.75) is 6.92 Å². The van der Waals surface area contributed by atoms with Crippen molar-refractivity contribution in [2.75, 3.05) is 0 Å². The highest BCUT2D eigenvalue weighted by molar-refractivity contribution is 7.92. The Bertz CT molecular complexity index is 57.9. The first kappa shape index (κ1) is 5.26. The van der Waals surface area contributed by atoms with Gasteiger partial charge >= 0.3 is 0 Å². The molecular weight excluding hydrogens is 99.1 g/mol. The minimum absolute atomic E-state index is 0.949. The van der Waals surface area contributed by atoms with Crippen LogP contribution in [0.25, 0.3) is 0 Å². The Morgan fingerprint density at radius 3 is 2.20 bits per heavy atom. The van der Waals surface area contributed by atoms with Crippen LogP contribution in [0.1, 0.15) is 6.92 Å². The SMILES string of the molecule is C=PC(C)=S. The molecule has 0 aliphatic heterocycles. The van der Waals surface area contributed by atoms with Gasteiger partial charge < -0.3 is 0 Å². The van der Waals surface area contributed by atoms with Crippen LogP contribution in [-0.4, -0.2) is 10.9 Å². The van der Waals surface area contributed by atoms with E-state index in [9.17, 15) is 0 Å². The average molecular weight is 104 g/mol. The smallest absolute Gasteiger partial charge is 0.0386 e. The number of hydrogen-bond donors (Lipinski definition) is 0. The lowest BCUT2D eigenvalue weighted by molar-refractivity contribution is 2.12. The van der Waals surface area contributed by atoms with Gasteiger partial charge in [0.1, 0.15) is 0 Å². The molecule has 0 heterocycles. The van der Waals surface area contributed by atoms with Crippen molar-refractivity contribution in [3.63, 3.8) is 0 Å². The van der Waals surface area contributed by atoms with Gasteiger partial charge in [0.15, 0.2) is 0 Å². The lowest BCUT2D eigenvalue weighted by atomic mass is 11.0. The molecule has 28 valence electrons. The first-order valence-electron chi connectivity index (χ1n) is 1.24. The van der Waals surface area contributed by atoms with Crippen LogP contribution in [0, 0.1) is 0 Å². The zero-order valence-corrected chi connectivity index (χ0v) is 4.77. The minimum atomic E-state index is 0.949. The van der Waals surface area contributed by atoms with Crippen molar-refractivity contribution < 1.29 is 0 Å². The predicted molar refractivity (Wildman–Crippen MR) is 32.3 cm³/mol. The molecule has 0 unspecified atom stereocenters. The fourth-order valence-electron chi connectivity index (χ4n) is 0. The Balaban J connectivity index is 3.20. The summed E-state index contributed by atoms with van der Waals surface area (Å²) in [7, 11) is 0.978. The zero-order chi connectivity index (χ0) is 4.28. The Morgan fingerprint density at radius 2 is 2.20 bits per heavy atom. The Morgan fingerprint density at radius 1 is 2.00 bits per heavy atom. The summed E-state index contributed by atoms with van der Waals surface area (Å²) in [6, 6.07) is 0. The second-order valence-corrected chi connectivity index (χ2v) is 2.58. The van der Waals surface area contributed by atoms with Gasteiger partial charge in [0.2, 0.25) is 0 Å². The molecule has 0 radical (unpaired) electrons. The van der Waals surface area contributed by atoms with Crippen LogP contribution in [-0.2, 0) is 0 Å². The lowest BCUT2D eigenvalue weighted by Crippen LogP contribution is -1.57. The van der Waals surface area contributed by atoms with E-state index < -0.39 is 0 Å². The molecule has 0 atom stereocenters. The van der Waals surface area contributed by atoms with Gasteiger partial charge in [0.05, 0.1) is 0 Å². The third-order valence-corrected chi connectivity index (χ3v) is 1.06. The van der Waals surface area contributed by atoms with E-state index in [0.717, 1.165) is 12.8 Å². The van der Waals surface area contributed by atoms with E-state index in [2.05, 4.69) is 18.5 Å². The first-order valence-corrected chi connectivity index (χ1v) is 2.73. The molecule has 0 aromatic rings. The Labute approximate surface area is 39.0 Å². The van der Waals surface area contributed by atoms with Gasteiger partial charge in [-0.05, 0) is 6.92 Å². The lowest BCUT2D eigenvalue weighted by Gasteiger charge is -1.66. The predicted octanol–water partition coefficient (Wildman–Crippen LogP) is 1.71. The second kappa shape index (κ2) is 2.49. The normalized spacial score (nSPS) is 8.20. The third-order valence-electron chi connectivity index (χ3n) is 0.223. The van der Waals surface area contributed by atoms with Crippen molar-refractivity contribution >= 4 is 31.3 Å². The van der Waals surface area contributed by atoms with Crippen molar-refractivity contribution in [1.29, 1.82) is 0 Å². The topological polar surface area (TPSA) is 0 Å². The van der Waals surface area contributed by atoms with Crippen LogP contribution in [0.3, 0.4) is 0 Å². The zero-order valence-electron chi connectivity index (χ0n) is 3.06. The Hall–Kier alpha value is 0.260. The van der Waals surface area contributed by atoms with Gasteiger partial charge in [-0.1, -0.05) is 26.7 Å². The highest BCUT2D eigenvalue weighted by atomic mass is 32.1. The summed E-state index contributed by atoms with van der Waals surface area (Å²) < 4.78 is 0.949. The molecule has 0 aromatic heterocycles. The molecule has 0 saturated heterocycles. The van der Waals surface area contributed by atoms with E-state index in [1.54, 1.807) is 0 Å². The summed E-state index contributed by atoms with van der Waals surface area (Å²) in [4.78, 5) is 0. The van der Waals surface area contributed by atoms with Crippen molar-refractivity contribution in [1.82, 2.24) is 0 Å². The number of hydrogen-bond acceptors (Lipinski definition) is 1. The maximum Gasteiger partial charge on any atom is 0.0386 e. The van der Waals surface area contributed by atoms with E-state index >= 15 is 0 Å². The Kier molecular flexibility index (Phi) is 2.62. The summed E-state index contributed by atoms with van der Waals surface area (Å²) in [5.41, 5.74) is 0. The molecule has 2 heteroatoms. The fourth-order valence-corrected chi connectivity index (χ4v) is 0. The van der Waals surface area contributed by atoms with E-state index in [4.69, 9.17) is 0 Å². The number of rotatable bonds is 1. The van der Waals surface area contributed by atoms with Gasteiger partial charge in [0, 0.05) is 4.61 Å². The van der Waals surface area contributed by atoms with E-state index in [-0.39, 0.29) is 0 Å². The second-order valence-electron chi connectivity index (χ2n) is 0.677. The molecule has 0 nitrogen and oxygen atoms in total. The molecule has 5 heavy (non-hydrogen) atoms. The molecule has 0 bridgehead atoms. The summed E-state index contributed by atoms with van der Waals surface area (Å²) in [6.07, 6.45) is 3.52. The molecule has 0 amide bonds. The highest BCUT2D eigenvalue weighted by Gasteiger charge is 1.64. The maximum atomic E-state index is 4.62. The fraction of sp³-hybridized carbons (Fsp3) is 0.333. The molecular formula is C3H5PS. The van der Waals surface area contributed by atoms with Gasteiger partial charge in [-0.3, -0.25) is 0 Å².